The third kappa shape index (κ3) is 5.10. The SMILES string of the molecule is CCCNCCC(C)(O)Cc1ccc(F)cc1F. The van der Waals surface area contributed by atoms with E-state index in [0.717, 1.165) is 19.0 Å². The van der Waals surface area contributed by atoms with Crippen LogP contribution in [0.3, 0.4) is 0 Å². The lowest BCUT2D eigenvalue weighted by atomic mass is 9.93. The highest BCUT2D eigenvalue weighted by atomic mass is 19.1. The van der Waals surface area contributed by atoms with E-state index >= 15 is 0 Å². The molecule has 2 nitrogen and oxygen atoms in total. The number of hydrogen-bond acceptors (Lipinski definition) is 2. The minimum atomic E-state index is -0.987. The molecule has 1 atom stereocenters. The van der Waals surface area contributed by atoms with Crippen LogP contribution >= 0.6 is 0 Å². The third-order valence-electron chi connectivity index (χ3n) is 2.85. The Labute approximate surface area is 107 Å². The largest absolute Gasteiger partial charge is 0.390 e. The van der Waals surface area contributed by atoms with E-state index in [0.29, 0.717) is 18.5 Å². The smallest absolute Gasteiger partial charge is 0.129 e. The quantitative estimate of drug-likeness (QED) is 0.736. The lowest BCUT2D eigenvalue weighted by Gasteiger charge is -2.23. The Kier molecular flexibility index (Phi) is 5.69. The maximum absolute atomic E-state index is 13.5. The highest BCUT2D eigenvalue weighted by Gasteiger charge is 2.22. The van der Waals surface area contributed by atoms with E-state index in [-0.39, 0.29) is 6.42 Å². The normalized spacial score (nSPS) is 14.5. The Bertz CT molecular complexity index is 380. The second kappa shape index (κ2) is 6.81. The molecule has 1 unspecified atom stereocenters. The molecular weight excluding hydrogens is 236 g/mol. The van der Waals surface area contributed by atoms with Gasteiger partial charge in [-0.15, -0.1) is 0 Å². The summed E-state index contributed by atoms with van der Waals surface area (Å²) in [5.41, 5.74) is -0.642. The first-order chi connectivity index (χ1) is 8.44. The Morgan fingerprint density at radius 3 is 2.61 bits per heavy atom. The van der Waals surface area contributed by atoms with Gasteiger partial charge in [-0.2, -0.15) is 0 Å². The standard InChI is InChI=1S/C14H21F2NO/c1-3-7-17-8-6-14(2,18)10-11-4-5-12(15)9-13(11)16/h4-5,9,17-18H,3,6-8,10H2,1-2H3. The molecule has 0 bridgehead atoms. The van der Waals surface area contributed by atoms with Crippen LogP contribution in [0.4, 0.5) is 8.78 Å². The molecule has 1 aromatic carbocycles. The molecule has 0 aliphatic heterocycles. The topological polar surface area (TPSA) is 32.3 Å². The summed E-state index contributed by atoms with van der Waals surface area (Å²) in [6, 6.07) is 3.45. The number of hydrogen-bond donors (Lipinski definition) is 2. The van der Waals surface area contributed by atoms with Crippen LogP contribution in [0.5, 0.6) is 0 Å². The van der Waals surface area contributed by atoms with Gasteiger partial charge in [0.15, 0.2) is 0 Å². The van der Waals surface area contributed by atoms with Crippen molar-refractivity contribution in [2.45, 2.75) is 38.7 Å². The summed E-state index contributed by atoms with van der Waals surface area (Å²) in [6.45, 7) is 5.33. The maximum Gasteiger partial charge on any atom is 0.129 e. The zero-order chi connectivity index (χ0) is 13.6. The van der Waals surface area contributed by atoms with Gasteiger partial charge < -0.3 is 10.4 Å². The van der Waals surface area contributed by atoms with E-state index in [1.54, 1.807) is 6.92 Å². The van der Waals surface area contributed by atoms with E-state index < -0.39 is 17.2 Å². The number of aliphatic hydroxyl groups is 1. The van der Waals surface area contributed by atoms with Crippen molar-refractivity contribution in [3.05, 3.63) is 35.4 Å². The predicted octanol–water partition coefficient (Wildman–Crippen LogP) is 2.65. The van der Waals surface area contributed by atoms with Crippen LogP contribution in [0, 0.1) is 11.6 Å². The van der Waals surface area contributed by atoms with Crippen LogP contribution in [-0.2, 0) is 6.42 Å². The molecule has 0 aromatic heterocycles. The first-order valence-corrected chi connectivity index (χ1v) is 6.31. The lowest BCUT2D eigenvalue weighted by molar-refractivity contribution is 0.0507. The van der Waals surface area contributed by atoms with Crippen molar-refractivity contribution >= 4 is 0 Å². The Balaban J connectivity index is 2.53. The molecule has 102 valence electrons. The van der Waals surface area contributed by atoms with Gasteiger partial charge in [0.1, 0.15) is 11.6 Å². The molecule has 1 rings (SSSR count). The van der Waals surface area contributed by atoms with Gasteiger partial charge in [0.05, 0.1) is 5.60 Å². The molecule has 1 aromatic rings. The van der Waals surface area contributed by atoms with E-state index in [1.807, 2.05) is 0 Å². The second-order valence-corrected chi connectivity index (χ2v) is 4.91. The van der Waals surface area contributed by atoms with Gasteiger partial charge in [-0.25, -0.2) is 8.78 Å². The highest BCUT2D eigenvalue weighted by Crippen LogP contribution is 2.19. The first kappa shape index (κ1) is 15.1. The Hall–Kier alpha value is -1.00. The number of benzene rings is 1. The lowest BCUT2D eigenvalue weighted by Crippen LogP contribution is -2.32. The van der Waals surface area contributed by atoms with Crippen LogP contribution in [0.2, 0.25) is 0 Å². The third-order valence-corrected chi connectivity index (χ3v) is 2.85. The fourth-order valence-electron chi connectivity index (χ4n) is 1.82. The first-order valence-electron chi connectivity index (χ1n) is 6.31. The summed E-state index contributed by atoms with van der Waals surface area (Å²) in [5, 5.41) is 13.3. The Morgan fingerprint density at radius 2 is 2.00 bits per heavy atom. The van der Waals surface area contributed by atoms with Crippen LogP contribution in [0.25, 0.3) is 0 Å². The molecule has 0 amide bonds. The molecule has 4 heteroatoms. The van der Waals surface area contributed by atoms with Crippen molar-refractivity contribution in [3.8, 4) is 0 Å². The van der Waals surface area contributed by atoms with Crippen molar-refractivity contribution in [1.29, 1.82) is 0 Å². The van der Waals surface area contributed by atoms with Crippen LogP contribution in [0.1, 0.15) is 32.3 Å². The fraction of sp³-hybridized carbons (Fsp3) is 0.571. The molecule has 0 aliphatic rings. The molecule has 0 heterocycles. The molecule has 0 aliphatic carbocycles. The van der Waals surface area contributed by atoms with Gasteiger partial charge in [0, 0.05) is 12.5 Å². The van der Waals surface area contributed by atoms with E-state index in [9.17, 15) is 13.9 Å². The zero-order valence-corrected chi connectivity index (χ0v) is 11.0. The highest BCUT2D eigenvalue weighted by molar-refractivity contribution is 5.20. The monoisotopic (exact) mass is 257 g/mol. The summed E-state index contributed by atoms with van der Waals surface area (Å²) in [7, 11) is 0. The van der Waals surface area contributed by atoms with Crippen molar-refractivity contribution < 1.29 is 13.9 Å². The minimum Gasteiger partial charge on any atom is -0.390 e. The minimum absolute atomic E-state index is 0.187. The molecule has 0 saturated heterocycles. The second-order valence-electron chi connectivity index (χ2n) is 4.91. The van der Waals surface area contributed by atoms with Crippen molar-refractivity contribution in [1.82, 2.24) is 5.32 Å². The van der Waals surface area contributed by atoms with Gasteiger partial charge in [-0.05, 0) is 44.5 Å². The number of halogens is 2. The average molecular weight is 257 g/mol. The van der Waals surface area contributed by atoms with Crippen molar-refractivity contribution in [3.63, 3.8) is 0 Å². The molecule has 18 heavy (non-hydrogen) atoms. The molecule has 0 radical (unpaired) electrons. The number of nitrogens with one attached hydrogen (secondary N) is 1. The van der Waals surface area contributed by atoms with Crippen molar-refractivity contribution in [2.75, 3.05) is 13.1 Å². The Morgan fingerprint density at radius 1 is 1.28 bits per heavy atom. The molecule has 0 fully saturated rings. The van der Waals surface area contributed by atoms with Crippen LogP contribution in [0.15, 0.2) is 18.2 Å². The van der Waals surface area contributed by atoms with Gasteiger partial charge in [0.2, 0.25) is 0 Å². The molecular formula is C14H21F2NO. The van der Waals surface area contributed by atoms with Crippen LogP contribution in [-0.4, -0.2) is 23.8 Å². The van der Waals surface area contributed by atoms with E-state index in [1.165, 1.54) is 12.1 Å². The molecule has 2 N–H and O–H groups in total. The average Bonchev–Trinajstić information content (AvgIpc) is 2.28. The molecule has 0 spiro atoms. The van der Waals surface area contributed by atoms with Gasteiger partial charge in [-0.3, -0.25) is 0 Å². The summed E-state index contributed by atoms with van der Waals surface area (Å²) in [5.74, 6) is -1.20. The van der Waals surface area contributed by atoms with Gasteiger partial charge in [-0.1, -0.05) is 13.0 Å². The fourth-order valence-corrected chi connectivity index (χ4v) is 1.82. The summed E-state index contributed by atoms with van der Waals surface area (Å²) in [4.78, 5) is 0. The summed E-state index contributed by atoms with van der Waals surface area (Å²) >= 11 is 0. The van der Waals surface area contributed by atoms with Gasteiger partial charge in [0.25, 0.3) is 0 Å². The van der Waals surface area contributed by atoms with Crippen molar-refractivity contribution in [2.24, 2.45) is 0 Å². The van der Waals surface area contributed by atoms with Gasteiger partial charge >= 0.3 is 0 Å². The van der Waals surface area contributed by atoms with Crippen LogP contribution < -0.4 is 5.32 Å². The zero-order valence-electron chi connectivity index (χ0n) is 11.0. The summed E-state index contributed by atoms with van der Waals surface area (Å²) < 4.78 is 26.2. The summed E-state index contributed by atoms with van der Waals surface area (Å²) in [6.07, 6.45) is 1.76. The van der Waals surface area contributed by atoms with E-state index in [2.05, 4.69) is 12.2 Å². The van der Waals surface area contributed by atoms with E-state index in [4.69, 9.17) is 0 Å². The molecule has 0 saturated carbocycles. The maximum atomic E-state index is 13.5. The number of rotatable bonds is 7. The predicted molar refractivity (Wildman–Crippen MR) is 68.5 cm³/mol.